The van der Waals surface area contributed by atoms with Gasteiger partial charge in [0.05, 0.1) is 6.61 Å². The number of amides is 1. The lowest BCUT2D eigenvalue weighted by Crippen LogP contribution is -2.61. The molecule has 0 radical (unpaired) electrons. The van der Waals surface area contributed by atoms with E-state index in [2.05, 4.69) is 14.6 Å². The number of nitrogens with one attached hydrogen (secondary N) is 1. The van der Waals surface area contributed by atoms with E-state index in [1.54, 1.807) is 11.9 Å². The zero-order valence-electron chi connectivity index (χ0n) is 16.6. The minimum Gasteiger partial charge on any atom is -0.484 e. The SMILES string of the molecule is CNC1(C(=O)N2CC3=C(CN(Sc4cnc5c(c4)OCCO5)C3)C2)CCCOC1. The maximum atomic E-state index is 13.2. The monoisotopic (exact) mass is 418 g/mol. The Morgan fingerprint density at radius 1 is 1.17 bits per heavy atom. The third kappa shape index (κ3) is 3.61. The second kappa shape index (κ2) is 7.79. The largest absolute Gasteiger partial charge is 0.484 e. The van der Waals surface area contributed by atoms with Gasteiger partial charge in [0.1, 0.15) is 18.8 Å². The number of aromatic nitrogens is 1. The van der Waals surface area contributed by atoms with Gasteiger partial charge >= 0.3 is 0 Å². The predicted molar refractivity (Wildman–Crippen MR) is 108 cm³/mol. The second-order valence-corrected chi connectivity index (χ2v) is 9.09. The molecule has 1 saturated heterocycles. The molecule has 8 nitrogen and oxygen atoms in total. The number of likely N-dealkylation sites (N-methyl/N-ethyl adjacent to an activating group) is 1. The summed E-state index contributed by atoms with van der Waals surface area (Å²) in [5.41, 5.74) is 2.15. The van der Waals surface area contributed by atoms with Crippen LogP contribution in [-0.2, 0) is 9.53 Å². The maximum absolute atomic E-state index is 13.2. The highest BCUT2D eigenvalue weighted by atomic mass is 32.2. The maximum Gasteiger partial charge on any atom is 0.257 e. The predicted octanol–water partition coefficient (Wildman–Crippen LogP) is 1.08. The number of hydrogen-bond acceptors (Lipinski definition) is 8. The number of fused-ring (bicyclic) bond motifs is 1. The lowest BCUT2D eigenvalue weighted by Gasteiger charge is -2.38. The molecule has 1 aromatic rings. The van der Waals surface area contributed by atoms with Gasteiger partial charge in [-0.1, -0.05) is 0 Å². The minimum absolute atomic E-state index is 0.171. The minimum atomic E-state index is -0.566. The summed E-state index contributed by atoms with van der Waals surface area (Å²) in [4.78, 5) is 20.6. The van der Waals surface area contributed by atoms with Gasteiger partial charge in [-0.3, -0.25) is 4.79 Å². The van der Waals surface area contributed by atoms with Crippen molar-refractivity contribution in [3.8, 4) is 11.6 Å². The Bertz CT molecular complexity index is 822. The summed E-state index contributed by atoms with van der Waals surface area (Å²) in [5.74, 6) is 1.45. The molecule has 1 amide bonds. The van der Waals surface area contributed by atoms with Crippen LogP contribution in [0.15, 0.2) is 28.3 Å². The molecule has 0 saturated carbocycles. The van der Waals surface area contributed by atoms with Crippen molar-refractivity contribution < 1.29 is 19.0 Å². The smallest absolute Gasteiger partial charge is 0.257 e. The lowest BCUT2D eigenvalue weighted by atomic mass is 9.91. The molecule has 0 spiro atoms. The Morgan fingerprint density at radius 3 is 2.69 bits per heavy atom. The van der Waals surface area contributed by atoms with E-state index in [0.717, 1.165) is 37.4 Å². The molecule has 1 aromatic heterocycles. The Kier molecular flexibility index (Phi) is 5.15. The first-order valence-corrected chi connectivity index (χ1v) is 10.9. The highest BCUT2D eigenvalue weighted by Crippen LogP contribution is 2.37. The summed E-state index contributed by atoms with van der Waals surface area (Å²) in [6, 6.07) is 1.99. The van der Waals surface area contributed by atoms with Crippen LogP contribution in [0.25, 0.3) is 0 Å². The van der Waals surface area contributed by atoms with Gasteiger partial charge in [0.2, 0.25) is 5.91 Å². The summed E-state index contributed by atoms with van der Waals surface area (Å²) in [6.07, 6.45) is 3.58. The zero-order chi connectivity index (χ0) is 19.8. The van der Waals surface area contributed by atoms with Gasteiger partial charge in [-0.05, 0) is 43.0 Å². The molecule has 1 atom stereocenters. The third-order valence-corrected chi connectivity index (χ3v) is 6.97. The van der Waals surface area contributed by atoms with Gasteiger partial charge in [-0.15, -0.1) is 0 Å². The van der Waals surface area contributed by atoms with E-state index in [4.69, 9.17) is 14.2 Å². The van der Waals surface area contributed by atoms with Crippen LogP contribution >= 0.6 is 11.9 Å². The number of carbonyl (C=O) groups excluding carboxylic acids is 1. The van der Waals surface area contributed by atoms with E-state index in [1.165, 1.54) is 11.1 Å². The Balaban J connectivity index is 1.19. The van der Waals surface area contributed by atoms with Crippen LogP contribution in [0, 0.1) is 0 Å². The van der Waals surface area contributed by atoms with Gasteiger partial charge in [0.25, 0.3) is 5.88 Å². The quantitative estimate of drug-likeness (QED) is 0.575. The molecule has 1 unspecified atom stereocenters. The Labute approximate surface area is 174 Å². The van der Waals surface area contributed by atoms with Gasteiger partial charge in [-0.25, -0.2) is 9.29 Å². The van der Waals surface area contributed by atoms with Crippen LogP contribution in [0.3, 0.4) is 0 Å². The van der Waals surface area contributed by atoms with Crippen molar-refractivity contribution in [2.24, 2.45) is 0 Å². The first kappa shape index (κ1) is 19.2. The average Bonchev–Trinajstić information content (AvgIpc) is 3.32. The van der Waals surface area contributed by atoms with Crippen molar-refractivity contribution in [3.63, 3.8) is 0 Å². The van der Waals surface area contributed by atoms with E-state index >= 15 is 0 Å². The highest BCUT2D eigenvalue weighted by molar-refractivity contribution is 7.97. The van der Waals surface area contributed by atoms with Crippen LogP contribution in [0.2, 0.25) is 0 Å². The van der Waals surface area contributed by atoms with E-state index in [0.29, 0.717) is 44.5 Å². The molecular formula is C20H26N4O4S. The number of pyridine rings is 1. The molecule has 1 N–H and O–H groups in total. The van der Waals surface area contributed by atoms with E-state index < -0.39 is 5.54 Å². The second-order valence-electron chi connectivity index (χ2n) is 7.92. The van der Waals surface area contributed by atoms with Gasteiger partial charge < -0.3 is 24.4 Å². The highest BCUT2D eigenvalue weighted by Gasteiger charge is 2.44. The number of carbonyl (C=O) groups is 1. The molecule has 0 bridgehead atoms. The van der Waals surface area contributed by atoms with Crippen molar-refractivity contribution in [2.45, 2.75) is 23.3 Å². The summed E-state index contributed by atoms with van der Waals surface area (Å²) < 4.78 is 19.1. The molecule has 9 heteroatoms. The fraction of sp³-hybridized carbons (Fsp3) is 0.600. The molecule has 0 aliphatic carbocycles. The summed E-state index contributed by atoms with van der Waals surface area (Å²) in [7, 11) is 1.86. The van der Waals surface area contributed by atoms with E-state index in [-0.39, 0.29) is 5.91 Å². The standard InChI is InChI=1S/C20H26N4O4S/c1-21-20(3-2-4-26-13-20)19(25)23-9-14-11-24(12-15(14)10-23)29-16-7-17-18(22-8-16)28-6-5-27-17/h7-8,21H,2-6,9-13H2,1H3. The normalized spacial score (nSPS) is 26.7. The van der Waals surface area contributed by atoms with Crippen molar-refractivity contribution in [2.75, 3.05) is 59.7 Å². The molecule has 5 rings (SSSR count). The van der Waals surface area contributed by atoms with Crippen LogP contribution in [0.1, 0.15) is 12.8 Å². The third-order valence-electron chi connectivity index (χ3n) is 6.02. The first-order valence-electron chi connectivity index (χ1n) is 10.1. The number of rotatable bonds is 4. The molecule has 4 aliphatic heterocycles. The average molecular weight is 419 g/mol. The van der Waals surface area contributed by atoms with Gasteiger partial charge in [0.15, 0.2) is 5.75 Å². The van der Waals surface area contributed by atoms with Crippen molar-refractivity contribution >= 4 is 17.9 Å². The molecular weight excluding hydrogens is 392 g/mol. The Morgan fingerprint density at radius 2 is 1.97 bits per heavy atom. The van der Waals surface area contributed by atoms with Crippen molar-refractivity contribution in [1.29, 1.82) is 0 Å². The topological polar surface area (TPSA) is 76.2 Å². The van der Waals surface area contributed by atoms with Gasteiger partial charge in [-0.2, -0.15) is 0 Å². The van der Waals surface area contributed by atoms with Gasteiger partial charge in [0, 0.05) is 49.9 Å². The molecule has 1 fully saturated rings. The van der Waals surface area contributed by atoms with Crippen LogP contribution in [0.4, 0.5) is 0 Å². The molecule has 4 aliphatic rings. The molecule has 29 heavy (non-hydrogen) atoms. The number of ether oxygens (including phenoxy) is 3. The van der Waals surface area contributed by atoms with E-state index in [9.17, 15) is 4.79 Å². The van der Waals surface area contributed by atoms with Crippen LogP contribution < -0.4 is 14.8 Å². The number of hydrogen-bond donors (Lipinski definition) is 1. The Hall–Kier alpha value is -1.81. The first-order chi connectivity index (χ1) is 14.2. The summed E-state index contributed by atoms with van der Waals surface area (Å²) >= 11 is 1.68. The van der Waals surface area contributed by atoms with E-state index in [1.807, 2.05) is 24.2 Å². The number of nitrogens with zero attached hydrogens (tertiary/aromatic N) is 3. The summed E-state index contributed by atoms with van der Waals surface area (Å²) in [5, 5.41) is 3.25. The lowest BCUT2D eigenvalue weighted by molar-refractivity contribution is -0.142. The molecule has 5 heterocycles. The molecule has 0 aromatic carbocycles. The zero-order valence-corrected chi connectivity index (χ0v) is 17.4. The summed E-state index contributed by atoms with van der Waals surface area (Å²) in [6.45, 7) is 5.47. The fourth-order valence-corrected chi connectivity index (χ4v) is 5.44. The van der Waals surface area contributed by atoms with Crippen molar-refractivity contribution in [3.05, 3.63) is 23.4 Å². The fourth-order valence-electron chi connectivity index (χ4n) is 4.44. The molecule has 156 valence electrons. The van der Waals surface area contributed by atoms with Crippen LogP contribution in [0.5, 0.6) is 11.6 Å². The van der Waals surface area contributed by atoms with Crippen LogP contribution in [-0.4, -0.2) is 85.3 Å². The van der Waals surface area contributed by atoms with Crippen molar-refractivity contribution in [1.82, 2.24) is 19.5 Å².